The fraction of sp³-hybridized carbons (Fsp3) is 0.417. The largest absolute Gasteiger partial charge is 0.490 e. The monoisotopic (exact) mass is 485 g/mol. The second kappa shape index (κ2) is 7.88. The maximum absolute atomic E-state index is 11.9. The molecule has 3 rings (SSSR count). The Morgan fingerprint density at radius 3 is 2.40 bits per heavy atom. The van der Waals surface area contributed by atoms with Crippen LogP contribution in [0.4, 0.5) is 5.82 Å². The van der Waals surface area contributed by atoms with Gasteiger partial charge in [0, 0.05) is 5.92 Å². The van der Waals surface area contributed by atoms with Gasteiger partial charge in [-0.2, -0.15) is 8.62 Å². The summed E-state index contributed by atoms with van der Waals surface area (Å²) in [6.45, 7) is 5.32. The van der Waals surface area contributed by atoms with E-state index in [0.717, 1.165) is 0 Å². The van der Waals surface area contributed by atoms with Crippen molar-refractivity contribution in [2.75, 3.05) is 12.3 Å². The van der Waals surface area contributed by atoms with Gasteiger partial charge in [-0.25, -0.2) is 28.6 Å². The minimum Gasteiger partial charge on any atom is -0.382 e. The first-order valence-corrected chi connectivity index (χ1v) is 12.6. The third kappa shape index (κ3) is 4.87. The lowest BCUT2D eigenvalue weighted by molar-refractivity contribution is 0.100. The van der Waals surface area contributed by atoms with Crippen LogP contribution in [0.15, 0.2) is 24.8 Å². The number of phosphoric ester groups is 1. The van der Waals surface area contributed by atoms with Gasteiger partial charge in [-0.3, -0.25) is 4.52 Å². The number of hydrogen-bond donors (Lipinski definition) is 5. The number of phosphoric acid groups is 3. The van der Waals surface area contributed by atoms with Crippen molar-refractivity contribution < 1.29 is 46.4 Å². The van der Waals surface area contributed by atoms with Crippen LogP contribution in [-0.4, -0.2) is 45.7 Å². The summed E-state index contributed by atoms with van der Waals surface area (Å²) in [6, 6.07) is -0.279. The zero-order valence-electron chi connectivity index (χ0n) is 15.2. The lowest BCUT2D eigenvalue weighted by Crippen LogP contribution is -2.41. The first-order chi connectivity index (χ1) is 13.7. The van der Waals surface area contributed by atoms with Crippen molar-refractivity contribution in [1.82, 2.24) is 19.5 Å². The second-order valence-corrected chi connectivity index (χ2v) is 10.9. The van der Waals surface area contributed by atoms with Crippen LogP contribution < -0.4 is 5.73 Å². The van der Waals surface area contributed by atoms with Gasteiger partial charge in [-0.1, -0.05) is 13.5 Å². The highest BCUT2D eigenvalue weighted by atomic mass is 31.3. The smallest absolute Gasteiger partial charge is 0.382 e. The third-order valence-electron chi connectivity index (χ3n) is 4.51. The number of nitrogens with zero attached hydrogens (tertiary/aromatic N) is 4. The summed E-state index contributed by atoms with van der Waals surface area (Å²) in [5, 5.41) is 0. The molecule has 5 atom stereocenters. The first kappa shape index (κ1) is 23.2. The predicted octanol–water partition coefficient (Wildman–Crippen LogP) is 1.11. The molecule has 0 bridgehead atoms. The Hall–Kier alpha value is -1.50. The first-order valence-electron chi connectivity index (χ1n) is 8.11. The van der Waals surface area contributed by atoms with Crippen molar-refractivity contribution in [3.05, 3.63) is 24.8 Å². The maximum atomic E-state index is 11.9. The Bertz CT molecular complexity index is 1130. The summed E-state index contributed by atoms with van der Waals surface area (Å²) in [4.78, 5) is 48.0. The van der Waals surface area contributed by atoms with Gasteiger partial charge >= 0.3 is 23.5 Å². The van der Waals surface area contributed by atoms with Crippen LogP contribution in [0.2, 0.25) is 0 Å². The standard InChI is InChI=1S/C12H18N5O10P3/c1-6-8(3-25-29(21,22)27-30(23,24)26-28(18,19)20)7(2)10(6)17-5-16-9-11(13)14-4-15-12(9)17/h4-5,7-8,10H,1,3H2,2H3,(H,21,22)(H,23,24)(H2,13,14,15)(H2,18,19,20)/t7-,8+,10-/m1/s1. The molecule has 1 saturated carbocycles. The molecule has 2 heterocycles. The van der Waals surface area contributed by atoms with E-state index in [9.17, 15) is 23.5 Å². The van der Waals surface area contributed by atoms with Crippen molar-refractivity contribution in [2.45, 2.75) is 13.0 Å². The maximum Gasteiger partial charge on any atom is 0.490 e. The molecule has 2 aromatic heterocycles. The lowest BCUT2D eigenvalue weighted by atomic mass is 9.67. The molecule has 6 N–H and O–H groups in total. The summed E-state index contributed by atoms with van der Waals surface area (Å²) in [7, 11) is -16.2. The van der Waals surface area contributed by atoms with Crippen LogP contribution in [0.25, 0.3) is 11.2 Å². The topological polar surface area (TPSA) is 229 Å². The molecule has 30 heavy (non-hydrogen) atoms. The van der Waals surface area contributed by atoms with Crippen LogP contribution in [0.5, 0.6) is 0 Å². The molecule has 166 valence electrons. The number of rotatable bonds is 8. The van der Waals surface area contributed by atoms with Gasteiger partial charge in [0.25, 0.3) is 0 Å². The van der Waals surface area contributed by atoms with E-state index in [1.807, 2.05) is 0 Å². The fourth-order valence-corrected chi connectivity index (χ4v) is 6.28. The minimum absolute atomic E-state index is 0.182. The van der Waals surface area contributed by atoms with Crippen LogP contribution in [0.1, 0.15) is 13.0 Å². The molecule has 0 aromatic carbocycles. The number of nitrogens with two attached hydrogens (primary N) is 1. The fourth-order valence-electron chi connectivity index (χ4n) is 3.24. The van der Waals surface area contributed by atoms with Crippen LogP contribution in [0.3, 0.4) is 0 Å². The zero-order valence-corrected chi connectivity index (χ0v) is 17.9. The molecule has 1 aliphatic carbocycles. The Morgan fingerprint density at radius 1 is 1.13 bits per heavy atom. The van der Waals surface area contributed by atoms with Crippen molar-refractivity contribution in [3.63, 3.8) is 0 Å². The molecular formula is C12H18N5O10P3. The highest BCUT2D eigenvalue weighted by Crippen LogP contribution is 2.66. The molecule has 0 amide bonds. The average molecular weight is 485 g/mol. The molecule has 0 saturated heterocycles. The molecule has 2 unspecified atom stereocenters. The van der Waals surface area contributed by atoms with Gasteiger partial charge in [0.1, 0.15) is 11.8 Å². The summed E-state index contributed by atoms with van der Waals surface area (Å²) >= 11 is 0. The SMILES string of the molecule is C=C1[C@@H](n2cnc3c(N)ncnc32)[C@H](C)[C@H]1COP(=O)(O)OP(=O)(O)OP(=O)(O)O. The van der Waals surface area contributed by atoms with E-state index in [0.29, 0.717) is 16.7 Å². The van der Waals surface area contributed by atoms with Crippen molar-refractivity contribution >= 4 is 40.4 Å². The number of aromatic nitrogens is 4. The van der Waals surface area contributed by atoms with E-state index < -0.39 is 36.0 Å². The molecule has 1 aliphatic rings. The number of imidazole rings is 1. The van der Waals surface area contributed by atoms with Crippen LogP contribution >= 0.6 is 23.5 Å². The number of nitrogen functional groups attached to an aromatic ring is 1. The molecule has 15 nitrogen and oxygen atoms in total. The second-order valence-electron chi connectivity index (χ2n) is 6.46. The van der Waals surface area contributed by atoms with Gasteiger partial charge in [-0.05, 0) is 11.5 Å². The quantitative estimate of drug-likeness (QED) is 0.261. The summed E-state index contributed by atoms with van der Waals surface area (Å²) in [5.41, 5.74) is 7.25. The number of fused-ring (bicyclic) bond motifs is 1. The molecule has 2 aromatic rings. The highest BCUT2D eigenvalue weighted by Gasteiger charge is 2.46. The normalized spacial score (nSPS) is 26.2. The van der Waals surface area contributed by atoms with Crippen molar-refractivity contribution in [3.8, 4) is 0 Å². The van der Waals surface area contributed by atoms with E-state index >= 15 is 0 Å². The number of anilines is 1. The Labute approximate surface area is 169 Å². The Kier molecular flexibility index (Phi) is 6.09. The van der Waals surface area contributed by atoms with Crippen LogP contribution in [0, 0.1) is 11.8 Å². The summed E-state index contributed by atoms with van der Waals surface area (Å²) in [6.07, 6.45) is 2.80. The average Bonchev–Trinajstić information content (AvgIpc) is 2.96. The van der Waals surface area contributed by atoms with Gasteiger partial charge in [0.2, 0.25) is 0 Å². The molecule has 0 spiro atoms. The van der Waals surface area contributed by atoms with Crippen molar-refractivity contribution in [2.24, 2.45) is 11.8 Å². The summed E-state index contributed by atoms with van der Waals surface area (Å²) < 4.78 is 47.6. The van der Waals surface area contributed by atoms with Crippen molar-refractivity contribution in [1.29, 1.82) is 0 Å². The Balaban J connectivity index is 1.66. The van der Waals surface area contributed by atoms with E-state index in [1.165, 1.54) is 12.7 Å². The van der Waals surface area contributed by atoms with E-state index in [4.69, 9.17) is 15.5 Å². The van der Waals surface area contributed by atoms with Gasteiger partial charge in [0.05, 0.1) is 19.0 Å². The molecule has 1 fully saturated rings. The van der Waals surface area contributed by atoms with E-state index in [1.54, 1.807) is 11.5 Å². The molecule has 0 radical (unpaired) electrons. The Morgan fingerprint density at radius 2 is 1.80 bits per heavy atom. The third-order valence-corrected chi connectivity index (χ3v) is 8.31. The molecule has 0 aliphatic heterocycles. The van der Waals surface area contributed by atoms with E-state index in [-0.39, 0.29) is 17.8 Å². The zero-order chi connectivity index (χ0) is 22.5. The highest BCUT2D eigenvalue weighted by molar-refractivity contribution is 7.66. The number of hydrogen-bond acceptors (Lipinski definition) is 10. The van der Waals surface area contributed by atoms with Gasteiger partial charge < -0.3 is 29.9 Å². The minimum atomic E-state index is -5.56. The summed E-state index contributed by atoms with van der Waals surface area (Å²) in [5.74, 6) is -0.421. The predicted molar refractivity (Wildman–Crippen MR) is 100 cm³/mol. The van der Waals surface area contributed by atoms with Crippen LogP contribution in [-0.2, 0) is 26.8 Å². The van der Waals surface area contributed by atoms with Gasteiger partial charge in [0.15, 0.2) is 11.5 Å². The van der Waals surface area contributed by atoms with Gasteiger partial charge in [-0.15, -0.1) is 0 Å². The lowest BCUT2D eigenvalue weighted by Gasteiger charge is -2.45. The molecule has 18 heteroatoms. The van der Waals surface area contributed by atoms with E-state index in [2.05, 4.69) is 34.7 Å². The molecular weight excluding hydrogens is 467 g/mol.